The average Bonchev–Trinajstić information content (AvgIpc) is 2.58. The summed E-state index contributed by atoms with van der Waals surface area (Å²) in [5.74, 6) is -2.42. The molecule has 10 heteroatoms. The number of carboxylic acid groups (broad SMARTS) is 1. The van der Waals surface area contributed by atoms with Crippen molar-refractivity contribution in [2.45, 2.75) is 22.4 Å². The number of amides is 1. The average molecular weight is 324 g/mol. The quantitative estimate of drug-likeness (QED) is 0.765. The van der Waals surface area contributed by atoms with Gasteiger partial charge < -0.3 is 15.3 Å². The minimum atomic E-state index is -2.25. The normalized spacial score (nSPS) is 21.4. The molecule has 1 aliphatic rings. The maximum Gasteiger partial charge on any atom is 0.330 e. The lowest BCUT2D eigenvalue weighted by molar-refractivity contribution is -0.145. The first-order valence-electron chi connectivity index (χ1n) is 4.20. The van der Waals surface area contributed by atoms with Crippen molar-refractivity contribution in [1.29, 1.82) is 0 Å². The smallest absolute Gasteiger partial charge is 0.330 e. The van der Waals surface area contributed by atoms with Crippen LogP contribution in [-0.4, -0.2) is 38.1 Å². The molecule has 0 aliphatic carbocycles. The van der Waals surface area contributed by atoms with Gasteiger partial charge in [-0.1, -0.05) is 51.6 Å². The van der Waals surface area contributed by atoms with Crippen LogP contribution >= 0.6 is 46.4 Å². The Morgan fingerprint density at radius 2 is 2.12 bits per heavy atom. The molecular formula is C7H6Cl4N2O4. The summed E-state index contributed by atoms with van der Waals surface area (Å²) in [6.45, 7) is 0. The van der Waals surface area contributed by atoms with Crippen LogP contribution in [0.15, 0.2) is 5.16 Å². The van der Waals surface area contributed by atoms with Gasteiger partial charge in [-0.3, -0.25) is 4.79 Å². The Hall–Kier alpha value is -0.430. The van der Waals surface area contributed by atoms with Gasteiger partial charge >= 0.3 is 5.97 Å². The second-order valence-electron chi connectivity index (χ2n) is 3.10. The highest BCUT2D eigenvalue weighted by molar-refractivity contribution is 6.76. The molecule has 17 heavy (non-hydrogen) atoms. The first kappa shape index (κ1) is 14.6. The van der Waals surface area contributed by atoms with Gasteiger partial charge in [0, 0.05) is 6.42 Å². The first-order valence-corrected chi connectivity index (χ1v) is 5.71. The number of nitrogens with zero attached hydrogens (tertiary/aromatic N) is 1. The van der Waals surface area contributed by atoms with Crippen molar-refractivity contribution < 1.29 is 19.5 Å². The molecule has 0 saturated heterocycles. The molecule has 96 valence electrons. The van der Waals surface area contributed by atoms with E-state index in [4.69, 9.17) is 56.3 Å². The Balaban J connectivity index is 2.69. The summed E-state index contributed by atoms with van der Waals surface area (Å²) >= 11 is 21.4. The summed E-state index contributed by atoms with van der Waals surface area (Å²) in [6.07, 6.45) is -0.880. The van der Waals surface area contributed by atoms with E-state index < -0.39 is 27.8 Å². The zero-order chi connectivity index (χ0) is 13.2. The lowest BCUT2D eigenvalue weighted by Gasteiger charge is -2.20. The largest absolute Gasteiger partial charge is 0.480 e. The molecule has 2 N–H and O–H groups in total. The highest BCUT2D eigenvalue weighted by Crippen LogP contribution is 2.26. The monoisotopic (exact) mass is 322 g/mol. The summed E-state index contributed by atoms with van der Waals surface area (Å²) in [5.41, 5.74) is 0. The second-order valence-corrected chi connectivity index (χ2v) is 5.82. The number of aliphatic carboxylic acids is 1. The molecule has 1 aliphatic heterocycles. The zero-order valence-electron chi connectivity index (χ0n) is 7.99. The molecule has 0 bridgehead atoms. The molecule has 0 aromatic rings. The maximum atomic E-state index is 11.3. The number of carbonyl (C=O) groups excluding carboxylic acids is 1. The summed E-state index contributed by atoms with van der Waals surface area (Å²) in [6, 6.07) is -1.40. The minimum absolute atomic E-state index is 0.0542. The number of nitrogens with one attached hydrogen (secondary N) is 1. The summed E-state index contributed by atoms with van der Waals surface area (Å²) in [5, 5.41) is 14.4. The third-order valence-electron chi connectivity index (χ3n) is 1.84. The molecule has 0 fully saturated rings. The predicted octanol–water partition coefficient (Wildman–Crippen LogP) is 1.27. The van der Waals surface area contributed by atoms with E-state index >= 15 is 0 Å². The molecule has 2 atom stereocenters. The van der Waals surface area contributed by atoms with Gasteiger partial charge in [-0.2, -0.15) is 0 Å². The molecule has 0 radical (unpaired) electrons. The maximum absolute atomic E-state index is 11.3. The fourth-order valence-electron chi connectivity index (χ4n) is 1.08. The van der Waals surface area contributed by atoms with Crippen molar-refractivity contribution in [3.8, 4) is 0 Å². The van der Waals surface area contributed by atoms with E-state index in [0.717, 1.165) is 0 Å². The van der Waals surface area contributed by atoms with Crippen LogP contribution in [0.5, 0.6) is 0 Å². The number of oxime groups is 1. The molecule has 6 nitrogen and oxygen atoms in total. The van der Waals surface area contributed by atoms with E-state index in [1.807, 2.05) is 5.32 Å². The van der Waals surface area contributed by atoms with Crippen LogP contribution in [-0.2, 0) is 14.4 Å². The summed E-state index contributed by atoms with van der Waals surface area (Å²) in [7, 11) is 0. The van der Waals surface area contributed by atoms with E-state index in [2.05, 4.69) is 5.16 Å². The number of rotatable bonds is 3. The molecule has 0 saturated carbocycles. The van der Waals surface area contributed by atoms with E-state index in [0.29, 0.717) is 0 Å². The lowest BCUT2D eigenvalue weighted by atomic mass is 10.1. The topological polar surface area (TPSA) is 88.0 Å². The lowest BCUT2D eigenvalue weighted by Crippen LogP contribution is -2.51. The van der Waals surface area contributed by atoms with Gasteiger partial charge in [-0.15, -0.1) is 0 Å². The van der Waals surface area contributed by atoms with Crippen molar-refractivity contribution in [2.24, 2.45) is 5.16 Å². The minimum Gasteiger partial charge on any atom is -0.480 e. The van der Waals surface area contributed by atoms with E-state index in [1.165, 1.54) is 0 Å². The fraction of sp³-hybridized carbons (Fsp3) is 0.571. The van der Waals surface area contributed by atoms with Crippen LogP contribution in [0.2, 0.25) is 0 Å². The summed E-state index contributed by atoms with van der Waals surface area (Å²) < 4.78 is -2.25. The van der Waals surface area contributed by atoms with Crippen molar-refractivity contribution in [3.63, 3.8) is 0 Å². The van der Waals surface area contributed by atoms with E-state index in [9.17, 15) is 9.59 Å². The van der Waals surface area contributed by atoms with Crippen molar-refractivity contribution in [2.75, 3.05) is 0 Å². The number of halogens is 4. The molecule has 1 rings (SSSR count). The first-order chi connectivity index (χ1) is 7.71. The van der Waals surface area contributed by atoms with Crippen LogP contribution in [0.25, 0.3) is 0 Å². The Morgan fingerprint density at radius 1 is 1.53 bits per heavy atom. The van der Waals surface area contributed by atoms with Gasteiger partial charge in [-0.05, 0) is 0 Å². The van der Waals surface area contributed by atoms with Crippen molar-refractivity contribution in [1.82, 2.24) is 5.32 Å². The molecule has 0 spiro atoms. The van der Waals surface area contributed by atoms with Crippen molar-refractivity contribution in [3.05, 3.63) is 0 Å². The van der Waals surface area contributed by atoms with Gasteiger partial charge in [-0.25, -0.2) is 4.79 Å². The van der Waals surface area contributed by atoms with Gasteiger partial charge in [0.05, 0.1) is 0 Å². The Bertz CT molecular complexity index is 367. The number of hydrogen-bond donors (Lipinski definition) is 2. The Morgan fingerprint density at radius 3 is 2.47 bits per heavy atom. The molecular weight excluding hydrogens is 318 g/mol. The third kappa shape index (κ3) is 4.06. The van der Waals surface area contributed by atoms with Crippen LogP contribution < -0.4 is 5.32 Å². The van der Waals surface area contributed by atoms with Crippen LogP contribution in [0.3, 0.4) is 0 Å². The SMILES string of the molecule is O=C(O)C(NC(=O)C(Cl)(Cl)Cl)C1CC(Cl)=NO1. The van der Waals surface area contributed by atoms with Crippen LogP contribution in [0, 0.1) is 0 Å². The van der Waals surface area contributed by atoms with Gasteiger partial charge in [0.15, 0.2) is 12.1 Å². The second kappa shape index (κ2) is 5.48. The number of carbonyl (C=O) groups is 2. The molecule has 1 heterocycles. The van der Waals surface area contributed by atoms with Crippen molar-refractivity contribution >= 4 is 63.5 Å². The number of alkyl halides is 3. The predicted molar refractivity (Wildman–Crippen MR) is 62.6 cm³/mol. The molecule has 2 unspecified atom stereocenters. The standard InChI is InChI=1S/C7H6Cl4N2O4/c8-3-1-2(17-13-3)4(5(14)15)12-6(16)7(9,10)11/h2,4H,1H2,(H,12,16)(H,14,15). The highest BCUT2D eigenvalue weighted by atomic mass is 35.6. The van der Waals surface area contributed by atoms with Gasteiger partial charge in [0.1, 0.15) is 5.17 Å². The van der Waals surface area contributed by atoms with Gasteiger partial charge in [0.25, 0.3) is 9.70 Å². The zero-order valence-corrected chi connectivity index (χ0v) is 11.0. The van der Waals surface area contributed by atoms with Crippen LogP contribution in [0.1, 0.15) is 6.42 Å². The fourth-order valence-corrected chi connectivity index (χ4v) is 1.44. The third-order valence-corrected chi connectivity index (χ3v) is 2.58. The molecule has 0 aromatic heterocycles. The highest BCUT2D eigenvalue weighted by Gasteiger charge is 2.40. The molecule has 1 amide bonds. The van der Waals surface area contributed by atoms with Crippen LogP contribution in [0.4, 0.5) is 0 Å². The number of hydrogen-bond acceptors (Lipinski definition) is 4. The Labute approximate surface area is 116 Å². The molecule has 0 aromatic carbocycles. The summed E-state index contributed by atoms with van der Waals surface area (Å²) in [4.78, 5) is 27.0. The Kier molecular flexibility index (Phi) is 4.71. The van der Waals surface area contributed by atoms with E-state index in [-0.39, 0.29) is 11.6 Å². The van der Waals surface area contributed by atoms with Gasteiger partial charge in [0.2, 0.25) is 0 Å². The number of carboxylic acids is 1. The van der Waals surface area contributed by atoms with E-state index in [1.54, 1.807) is 0 Å².